The molecule has 1 amide bonds. The molecule has 1 atom stereocenters. The van der Waals surface area contributed by atoms with Crippen LogP contribution in [-0.4, -0.2) is 23.4 Å². The van der Waals surface area contributed by atoms with Crippen LogP contribution < -0.4 is 0 Å². The minimum atomic E-state index is 0.211. The Kier molecular flexibility index (Phi) is 4.26. The molecular formula is C13H18BrNOS. The van der Waals surface area contributed by atoms with Gasteiger partial charge in [0.2, 0.25) is 0 Å². The molecule has 0 N–H and O–H groups in total. The van der Waals surface area contributed by atoms with E-state index in [1.165, 1.54) is 11.3 Å². The molecule has 2 nitrogen and oxygen atoms in total. The summed E-state index contributed by atoms with van der Waals surface area (Å²) >= 11 is 5.15. The Bertz CT molecular complexity index is 416. The van der Waals surface area contributed by atoms with Crippen LogP contribution in [0.4, 0.5) is 0 Å². The quantitative estimate of drug-likeness (QED) is 0.805. The van der Waals surface area contributed by atoms with Gasteiger partial charge in [-0.15, -0.1) is 11.3 Å². The minimum Gasteiger partial charge on any atom is -0.335 e. The molecule has 1 fully saturated rings. The molecule has 1 aromatic rings. The number of piperidine rings is 1. The Morgan fingerprint density at radius 2 is 2.35 bits per heavy atom. The van der Waals surface area contributed by atoms with E-state index in [-0.39, 0.29) is 5.91 Å². The highest BCUT2D eigenvalue weighted by Gasteiger charge is 2.25. The highest BCUT2D eigenvalue weighted by atomic mass is 79.9. The number of thiophene rings is 1. The van der Waals surface area contributed by atoms with Gasteiger partial charge in [0.25, 0.3) is 5.91 Å². The van der Waals surface area contributed by atoms with Crippen molar-refractivity contribution in [2.24, 2.45) is 0 Å². The zero-order valence-electron chi connectivity index (χ0n) is 10.3. The summed E-state index contributed by atoms with van der Waals surface area (Å²) in [5.41, 5.74) is 0. The lowest BCUT2D eigenvalue weighted by Crippen LogP contribution is -2.41. The number of likely N-dealkylation sites (tertiary alicyclic amines) is 1. The number of aryl methyl sites for hydroxylation is 1. The van der Waals surface area contributed by atoms with Crippen molar-refractivity contribution in [2.75, 3.05) is 6.54 Å². The Balaban J connectivity index is 2.17. The Hall–Kier alpha value is -0.350. The second-order valence-corrected chi connectivity index (χ2v) is 6.57. The van der Waals surface area contributed by atoms with Crippen LogP contribution >= 0.6 is 27.3 Å². The van der Waals surface area contributed by atoms with E-state index in [1.807, 2.05) is 11.0 Å². The van der Waals surface area contributed by atoms with E-state index >= 15 is 0 Å². The van der Waals surface area contributed by atoms with Crippen LogP contribution in [-0.2, 0) is 6.42 Å². The topological polar surface area (TPSA) is 20.3 Å². The molecule has 0 bridgehead atoms. The molecule has 2 heterocycles. The fourth-order valence-electron chi connectivity index (χ4n) is 2.29. The maximum atomic E-state index is 12.4. The molecule has 0 saturated carbocycles. The lowest BCUT2D eigenvalue weighted by Gasteiger charge is -2.33. The molecule has 0 aromatic carbocycles. The smallest absolute Gasteiger partial charge is 0.264 e. The van der Waals surface area contributed by atoms with Gasteiger partial charge in [-0.1, -0.05) is 6.92 Å². The molecule has 1 aliphatic rings. The fourth-order valence-corrected chi connectivity index (χ4v) is 4.15. The van der Waals surface area contributed by atoms with Crippen molar-refractivity contribution in [3.63, 3.8) is 0 Å². The third kappa shape index (κ3) is 2.74. The van der Waals surface area contributed by atoms with E-state index in [4.69, 9.17) is 0 Å². The van der Waals surface area contributed by atoms with Crippen molar-refractivity contribution in [2.45, 2.75) is 45.6 Å². The molecule has 94 valence electrons. The normalized spacial score (nSPS) is 20.6. The van der Waals surface area contributed by atoms with Crippen LogP contribution in [0.25, 0.3) is 0 Å². The van der Waals surface area contributed by atoms with Gasteiger partial charge in [0.05, 0.1) is 4.88 Å². The lowest BCUT2D eigenvalue weighted by atomic mass is 10.0. The van der Waals surface area contributed by atoms with Gasteiger partial charge in [-0.05, 0) is 54.6 Å². The molecule has 2 rings (SSSR count). The van der Waals surface area contributed by atoms with Crippen LogP contribution in [0.1, 0.15) is 47.7 Å². The van der Waals surface area contributed by atoms with Crippen LogP contribution in [0.15, 0.2) is 10.5 Å². The number of hydrogen-bond acceptors (Lipinski definition) is 2. The fraction of sp³-hybridized carbons (Fsp3) is 0.615. The van der Waals surface area contributed by atoms with Gasteiger partial charge in [0.1, 0.15) is 0 Å². The molecule has 0 spiro atoms. The predicted octanol–water partition coefficient (Wildman–Crippen LogP) is 4.09. The Labute approximate surface area is 115 Å². The molecule has 0 radical (unpaired) electrons. The van der Waals surface area contributed by atoms with Crippen molar-refractivity contribution in [1.82, 2.24) is 4.90 Å². The summed E-state index contributed by atoms with van der Waals surface area (Å²) in [4.78, 5) is 16.6. The van der Waals surface area contributed by atoms with Crippen molar-refractivity contribution in [3.05, 3.63) is 20.3 Å². The molecule has 1 saturated heterocycles. The standard InChI is InChI=1S/C13H18BrNOS/c1-3-11-10(14)8-12(17-11)13(16)15-7-5-4-6-9(15)2/h8-9H,3-7H2,1-2H3. The third-order valence-corrected chi connectivity index (χ3v) is 5.59. The summed E-state index contributed by atoms with van der Waals surface area (Å²) in [6.07, 6.45) is 4.51. The molecule has 0 aliphatic carbocycles. The lowest BCUT2D eigenvalue weighted by molar-refractivity contribution is 0.0640. The molecule has 17 heavy (non-hydrogen) atoms. The van der Waals surface area contributed by atoms with E-state index in [9.17, 15) is 4.79 Å². The molecule has 1 aliphatic heterocycles. The first-order chi connectivity index (χ1) is 8.13. The van der Waals surface area contributed by atoms with Crippen molar-refractivity contribution in [3.8, 4) is 0 Å². The predicted molar refractivity (Wildman–Crippen MR) is 75.7 cm³/mol. The van der Waals surface area contributed by atoms with Crippen LogP contribution in [0.5, 0.6) is 0 Å². The maximum absolute atomic E-state index is 12.4. The monoisotopic (exact) mass is 315 g/mol. The van der Waals surface area contributed by atoms with Gasteiger partial charge in [0.15, 0.2) is 0 Å². The van der Waals surface area contributed by atoms with Crippen molar-refractivity contribution >= 4 is 33.2 Å². The number of rotatable bonds is 2. The van der Waals surface area contributed by atoms with Gasteiger partial charge in [-0.2, -0.15) is 0 Å². The maximum Gasteiger partial charge on any atom is 0.264 e. The Morgan fingerprint density at radius 1 is 1.59 bits per heavy atom. The summed E-state index contributed by atoms with van der Waals surface area (Å²) < 4.78 is 1.08. The van der Waals surface area contributed by atoms with E-state index in [0.717, 1.165) is 35.2 Å². The number of nitrogens with zero attached hydrogens (tertiary/aromatic N) is 1. The number of carbonyl (C=O) groups is 1. The summed E-state index contributed by atoms with van der Waals surface area (Å²) in [6, 6.07) is 2.37. The van der Waals surface area contributed by atoms with Gasteiger partial charge < -0.3 is 4.90 Å². The largest absolute Gasteiger partial charge is 0.335 e. The van der Waals surface area contributed by atoms with E-state index < -0.39 is 0 Å². The van der Waals surface area contributed by atoms with E-state index in [2.05, 4.69) is 29.8 Å². The van der Waals surface area contributed by atoms with E-state index in [0.29, 0.717) is 6.04 Å². The number of hydrogen-bond donors (Lipinski definition) is 0. The van der Waals surface area contributed by atoms with Crippen LogP contribution in [0.2, 0.25) is 0 Å². The average molecular weight is 316 g/mol. The van der Waals surface area contributed by atoms with E-state index in [1.54, 1.807) is 11.3 Å². The van der Waals surface area contributed by atoms with Gasteiger partial charge >= 0.3 is 0 Å². The van der Waals surface area contributed by atoms with Crippen LogP contribution in [0.3, 0.4) is 0 Å². The minimum absolute atomic E-state index is 0.211. The molecule has 4 heteroatoms. The summed E-state index contributed by atoms with van der Waals surface area (Å²) in [5, 5.41) is 0. The zero-order valence-corrected chi connectivity index (χ0v) is 12.7. The first-order valence-corrected chi connectivity index (χ1v) is 7.83. The second-order valence-electron chi connectivity index (χ2n) is 4.58. The highest BCUT2D eigenvalue weighted by Crippen LogP contribution is 2.30. The van der Waals surface area contributed by atoms with Gasteiger partial charge in [-0.3, -0.25) is 4.79 Å². The second kappa shape index (κ2) is 5.53. The average Bonchev–Trinajstić information content (AvgIpc) is 2.70. The Morgan fingerprint density at radius 3 is 2.94 bits per heavy atom. The summed E-state index contributed by atoms with van der Waals surface area (Å²) in [7, 11) is 0. The summed E-state index contributed by atoms with van der Waals surface area (Å²) in [6.45, 7) is 5.19. The molecular weight excluding hydrogens is 298 g/mol. The first kappa shape index (κ1) is 13.1. The van der Waals surface area contributed by atoms with Gasteiger partial charge in [-0.25, -0.2) is 0 Å². The first-order valence-electron chi connectivity index (χ1n) is 6.22. The van der Waals surface area contributed by atoms with Gasteiger partial charge in [0, 0.05) is 21.9 Å². The molecule has 1 aromatic heterocycles. The SMILES string of the molecule is CCc1sc(C(=O)N2CCCCC2C)cc1Br. The van der Waals surface area contributed by atoms with Crippen molar-refractivity contribution < 1.29 is 4.79 Å². The number of carbonyl (C=O) groups excluding carboxylic acids is 1. The third-order valence-electron chi connectivity index (χ3n) is 3.35. The van der Waals surface area contributed by atoms with Crippen LogP contribution in [0, 0.1) is 0 Å². The zero-order chi connectivity index (χ0) is 12.4. The number of halogens is 1. The number of amides is 1. The van der Waals surface area contributed by atoms with Crippen molar-refractivity contribution in [1.29, 1.82) is 0 Å². The summed E-state index contributed by atoms with van der Waals surface area (Å²) in [5.74, 6) is 0.211. The highest BCUT2D eigenvalue weighted by molar-refractivity contribution is 9.10. The molecule has 1 unspecified atom stereocenters.